The highest BCUT2D eigenvalue weighted by Gasteiger charge is 2.40. The van der Waals surface area contributed by atoms with E-state index < -0.39 is 0 Å². The summed E-state index contributed by atoms with van der Waals surface area (Å²) in [4.78, 5) is 12.4. The van der Waals surface area contributed by atoms with E-state index in [-0.39, 0.29) is 18.2 Å². The molecule has 0 aliphatic carbocycles. The zero-order valence-electron chi connectivity index (χ0n) is 18.4. The number of hydrogen-bond donors (Lipinski definition) is 0. The monoisotopic (exact) mass is 446 g/mol. The summed E-state index contributed by atoms with van der Waals surface area (Å²) in [6.45, 7) is 0. The van der Waals surface area contributed by atoms with E-state index in [0.717, 1.165) is 34.6 Å². The molecule has 0 radical (unpaired) electrons. The largest absolute Gasteiger partial charge is 0.464 e. The molecule has 2 aliphatic rings. The number of benzene rings is 4. The standard InChI is InChI=1S/C29H22N2O3/c32-29(22-11-5-2-6-12-22)33-23-17-15-21(16-18-23)28-31-26(24-13-7-8-14-27(24)34-28)19-25(30-31)20-9-3-1-4-10-20/h1-18,26,28H,19H2. The molecule has 4 aromatic rings. The van der Waals surface area contributed by atoms with Crippen LogP contribution in [0, 0.1) is 0 Å². The zero-order valence-corrected chi connectivity index (χ0v) is 18.4. The van der Waals surface area contributed by atoms with Crippen LogP contribution < -0.4 is 9.47 Å². The van der Waals surface area contributed by atoms with Gasteiger partial charge in [-0.05, 0) is 48.0 Å². The van der Waals surface area contributed by atoms with Crippen LogP contribution in [-0.4, -0.2) is 16.7 Å². The van der Waals surface area contributed by atoms with Crippen molar-refractivity contribution in [3.63, 3.8) is 0 Å². The molecule has 0 spiro atoms. The number of esters is 1. The summed E-state index contributed by atoms with van der Waals surface area (Å²) < 4.78 is 12.0. The number of carbonyl (C=O) groups excluding carboxylic acids is 1. The predicted molar refractivity (Wildman–Crippen MR) is 130 cm³/mol. The molecule has 34 heavy (non-hydrogen) atoms. The molecule has 166 valence electrons. The normalized spacial score (nSPS) is 18.4. The quantitative estimate of drug-likeness (QED) is 0.279. The van der Waals surface area contributed by atoms with Gasteiger partial charge in [-0.3, -0.25) is 0 Å². The number of rotatable bonds is 4. The Labute approximate surface area is 197 Å². The third-order valence-electron chi connectivity index (χ3n) is 6.19. The molecule has 2 unspecified atom stereocenters. The molecule has 2 heterocycles. The molecule has 5 heteroatoms. The van der Waals surface area contributed by atoms with Crippen LogP contribution in [0.1, 0.15) is 45.7 Å². The molecule has 0 bridgehead atoms. The van der Waals surface area contributed by atoms with Gasteiger partial charge in [-0.1, -0.05) is 66.7 Å². The second-order valence-corrected chi connectivity index (χ2v) is 8.35. The van der Waals surface area contributed by atoms with Crippen molar-refractivity contribution >= 4 is 11.7 Å². The number of carbonyl (C=O) groups is 1. The van der Waals surface area contributed by atoms with Gasteiger partial charge in [-0.2, -0.15) is 5.10 Å². The second-order valence-electron chi connectivity index (χ2n) is 8.35. The van der Waals surface area contributed by atoms with Crippen LogP contribution in [0.25, 0.3) is 0 Å². The Balaban J connectivity index is 1.29. The molecule has 0 saturated carbocycles. The molecule has 0 fully saturated rings. The van der Waals surface area contributed by atoms with Crippen LogP contribution in [0.15, 0.2) is 114 Å². The van der Waals surface area contributed by atoms with E-state index in [2.05, 4.69) is 23.2 Å². The molecular weight excluding hydrogens is 424 g/mol. The molecule has 0 saturated heterocycles. The highest BCUT2D eigenvalue weighted by Crippen LogP contribution is 2.47. The van der Waals surface area contributed by atoms with E-state index >= 15 is 0 Å². The van der Waals surface area contributed by atoms with Gasteiger partial charge in [-0.25, -0.2) is 9.80 Å². The number of hydrogen-bond acceptors (Lipinski definition) is 5. The van der Waals surface area contributed by atoms with Crippen LogP contribution >= 0.6 is 0 Å². The average molecular weight is 447 g/mol. The first-order chi connectivity index (χ1) is 16.8. The van der Waals surface area contributed by atoms with Crippen LogP contribution in [-0.2, 0) is 0 Å². The lowest BCUT2D eigenvalue weighted by molar-refractivity contribution is -0.0190. The number of ether oxygens (including phenoxy) is 2. The lowest BCUT2D eigenvalue weighted by Crippen LogP contribution is -2.33. The van der Waals surface area contributed by atoms with Gasteiger partial charge < -0.3 is 9.47 Å². The minimum absolute atomic E-state index is 0.0979. The van der Waals surface area contributed by atoms with E-state index in [1.807, 2.05) is 66.7 Å². The Bertz CT molecular complexity index is 1350. The number of hydrazone groups is 1. The number of nitrogens with zero attached hydrogens (tertiary/aromatic N) is 2. The van der Waals surface area contributed by atoms with E-state index in [9.17, 15) is 4.79 Å². The lowest BCUT2D eigenvalue weighted by atomic mass is 9.96. The van der Waals surface area contributed by atoms with Crippen molar-refractivity contribution in [1.29, 1.82) is 0 Å². The van der Waals surface area contributed by atoms with Crippen LogP contribution in [0.5, 0.6) is 11.5 Å². The minimum Gasteiger partial charge on any atom is -0.464 e. The minimum atomic E-state index is -0.382. The predicted octanol–water partition coefficient (Wildman–Crippen LogP) is 6.15. The Morgan fingerprint density at radius 1 is 0.824 bits per heavy atom. The Kier molecular flexibility index (Phi) is 5.07. The Morgan fingerprint density at radius 2 is 1.50 bits per heavy atom. The molecular formula is C29H22N2O3. The van der Waals surface area contributed by atoms with Gasteiger partial charge in [0.2, 0.25) is 6.23 Å². The van der Waals surface area contributed by atoms with E-state index in [1.54, 1.807) is 24.3 Å². The molecule has 0 amide bonds. The molecule has 0 N–H and O–H groups in total. The highest BCUT2D eigenvalue weighted by molar-refractivity contribution is 6.01. The van der Waals surface area contributed by atoms with Gasteiger partial charge in [0.15, 0.2) is 0 Å². The maximum absolute atomic E-state index is 12.4. The molecule has 5 nitrogen and oxygen atoms in total. The molecule has 2 atom stereocenters. The van der Waals surface area contributed by atoms with Crippen molar-refractivity contribution in [2.24, 2.45) is 5.10 Å². The van der Waals surface area contributed by atoms with Crippen LogP contribution in [0.2, 0.25) is 0 Å². The van der Waals surface area contributed by atoms with Crippen molar-refractivity contribution in [3.05, 3.63) is 131 Å². The van der Waals surface area contributed by atoms with Gasteiger partial charge in [0, 0.05) is 17.5 Å². The van der Waals surface area contributed by atoms with Crippen LogP contribution in [0.3, 0.4) is 0 Å². The van der Waals surface area contributed by atoms with Crippen molar-refractivity contribution < 1.29 is 14.3 Å². The Morgan fingerprint density at radius 3 is 2.26 bits per heavy atom. The van der Waals surface area contributed by atoms with Crippen LogP contribution in [0.4, 0.5) is 0 Å². The summed E-state index contributed by atoms with van der Waals surface area (Å²) in [6, 6.07) is 34.9. The first-order valence-corrected chi connectivity index (χ1v) is 11.3. The summed E-state index contributed by atoms with van der Waals surface area (Å²) in [6.07, 6.45) is 0.438. The van der Waals surface area contributed by atoms with E-state index in [1.165, 1.54) is 0 Å². The summed E-state index contributed by atoms with van der Waals surface area (Å²) in [5.74, 6) is 0.978. The lowest BCUT2D eigenvalue weighted by Gasteiger charge is -2.38. The summed E-state index contributed by atoms with van der Waals surface area (Å²) >= 11 is 0. The smallest absolute Gasteiger partial charge is 0.343 e. The summed E-state index contributed by atoms with van der Waals surface area (Å²) in [5.41, 5.74) is 4.76. The fourth-order valence-electron chi connectivity index (χ4n) is 4.50. The zero-order chi connectivity index (χ0) is 22.9. The maximum Gasteiger partial charge on any atom is 0.343 e. The Hall–Kier alpha value is -4.38. The molecule has 0 aromatic heterocycles. The van der Waals surface area contributed by atoms with Gasteiger partial charge >= 0.3 is 5.97 Å². The van der Waals surface area contributed by atoms with Crippen molar-refractivity contribution in [3.8, 4) is 11.5 Å². The summed E-state index contributed by atoms with van der Waals surface area (Å²) in [7, 11) is 0. The molecule has 6 rings (SSSR count). The first kappa shape index (κ1) is 20.2. The average Bonchev–Trinajstić information content (AvgIpc) is 3.36. The van der Waals surface area contributed by atoms with Crippen molar-refractivity contribution in [2.75, 3.05) is 0 Å². The second kappa shape index (κ2) is 8.52. The van der Waals surface area contributed by atoms with E-state index in [0.29, 0.717) is 11.3 Å². The summed E-state index contributed by atoms with van der Waals surface area (Å²) in [5, 5.41) is 7.04. The molecule has 2 aliphatic heterocycles. The van der Waals surface area contributed by atoms with Gasteiger partial charge in [0.25, 0.3) is 0 Å². The van der Waals surface area contributed by atoms with Crippen molar-refractivity contribution in [1.82, 2.24) is 5.01 Å². The fraction of sp³-hybridized carbons (Fsp3) is 0.103. The third-order valence-corrected chi connectivity index (χ3v) is 6.19. The first-order valence-electron chi connectivity index (χ1n) is 11.3. The SMILES string of the molecule is O=C(Oc1ccc(C2Oc3ccccc3C3CC(c4ccccc4)=NN32)cc1)c1ccccc1. The third kappa shape index (κ3) is 3.71. The molecule has 4 aromatic carbocycles. The van der Waals surface area contributed by atoms with Gasteiger partial charge in [0.05, 0.1) is 17.3 Å². The number of fused-ring (bicyclic) bond motifs is 3. The maximum atomic E-state index is 12.4. The van der Waals surface area contributed by atoms with Gasteiger partial charge in [-0.15, -0.1) is 0 Å². The van der Waals surface area contributed by atoms with Gasteiger partial charge in [0.1, 0.15) is 11.5 Å². The fourth-order valence-corrected chi connectivity index (χ4v) is 4.50. The highest BCUT2D eigenvalue weighted by atomic mass is 16.5. The van der Waals surface area contributed by atoms with E-state index in [4.69, 9.17) is 14.6 Å². The number of para-hydroxylation sites is 1. The van der Waals surface area contributed by atoms with Crippen molar-refractivity contribution in [2.45, 2.75) is 18.7 Å². The topological polar surface area (TPSA) is 51.1 Å².